The third kappa shape index (κ3) is 3.94. The maximum Gasteiger partial charge on any atom is 0.212 e. The summed E-state index contributed by atoms with van der Waals surface area (Å²) in [5.74, 6) is 0. The molecule has 0 radical (unpaired) electrons. The predicted molar refractivity (Wildman–Crippen MR) is 81.8 cm³/mol. The lowest BCUT2D eigenvalue weighted by Crippen LogP contribution is -2.27. The smallest absolute Gasteiger partial charge is 0.212 e. The van der Waals surface area contributed by atoms with Crippen LogP contribution in [0, 0.1) is 11.3 Å². The molecule has 1 aromatic carbocycles. The summed E-state index contributed by atoms with van der Waals surface area (Å²) in [5, 5.41) is 13.2. The lowest BCUT2D eigenvalue weighted by atomic mass is 10.1. The maximum absolute atomic E-state index is 11.2. The van der Waals surface area contributed by atoms with Gasteiger partial charge in [-0.2, -0.15) is 5.26 Å². The molecule has 5 nitrogen and oxygen atoms in total. The van der Waals surface area contributed by atoms with Crippen molar-refractivity contribution in [2.24, 2.45) is 5.14 Å². The van der Waals surface area contributed by atoms with Gasteiger partial charge in [-0.15, -0.1) is 0 Å². The second kappa shape index (κ2) is 6.12. The van der Waals surface area contributed by atoms with Crippen molar-refractivity contribution in [3.05, 3.63) is 47.7 Å². The van der Waals surface area contributed by atoms with Crippen molar-refractivity contribution in [2.75, 3.05) is 0 Å². The second-order valence-corrected chi connectivity index (χ2v) is 7.02. The van der Waals surface area contributed by atoms with Gasteiger partial charge in [-0.1, -0.05) is 24.3 Å². The van der Waals surface area contributed by atoms with Gasteiger partial charge in [-0.05, 0) is 36.6 Å². The number of nitrogens with zero attached hydrogens (tertiary/aromatic N) is 1. The number of H-pyrrole nitrogens is 1. The molecule has 6 heteroatoms. The summed E-state index contributed by atoms with van der Waals surface area (Å²) in [7, 11) is -3.50. The highest BCUT2D eigenvalue weighted by atomic mass is 32.2. The summed E-state index contributed by atoms with van der Waals surface area (Å²) in [6, 6.07) is 13.5. The van der Waals surface area contributed by atoms with Crippen molar-refractivity contribution in [3.8, 4) is 17.3 Å². The van der Waals surface area contributed by atoms with Crippen LogP contribution in [0.15, 0.2) is 36.4 Å². The minimum absolute atomic E-state index is 0.351. The Kier molecular flexibility index (Phi) is 4.46. The molecule has 0 bridgehead atoms. The van der Waals surface area contributed by atoms with E-state index in [0.29, 0.717) is 12.8 Å². The highest BCUT2D eigenvalue weighted by Crippen LogP contribution is 2.20. The van der Waals surface area contributed by atoms with Crippen LogP contribution in [0.3, 0.4) is 0 Å². The van der Waals surface area contributed by atoms with E-state index in [2.05, 4.69) is 11.1 Å². The Balaban J connectivity index is 2.13. The molecule has 21 heavy (non-hydrogen) atoms. The van der Waals surface area contributed by atoms with Gasteiger partial charge < -0.3 is 4.98 Å². The number of nitrogens with one attached hydrogen (secondary N) is 1. The highest BCUT2D eigenvalue weighted by Gasteiger charge is 2.15. The number of aromatic nitrogens is 1. The van der Waals surface area contributed by atoms with E-state index in [0.717, 1.165) is 22.5 Å². The Morgan fingerprint density at radius 3 is 2.48 bits per heavy atom. The van der Waals surface area contributed by atoms with Crippen LogP contribution < -0.4 is 5.14 Å². The number of hydrogen-bond acceptors (Lipinski definition) is 3. The van der Waals surface area contributed by atoms with Crippen LogP contribution in [0.2, 0.25) is 0 Å². The zero-order chi connectivity index (χ0) is 15.5. The fraction of sp³-hybridized carbons (Fsp3) is 0.267. The molecule has 1 unspecified atom stereocenters. The maximum atomic E-state index is 11.2. The number of rotatable bonds is 5. The molecular formula is C15H17N3O2S. The molecule has 110 valence electrons. The summed E-state index contributed by atoms with van der Waals surface area (Å²) >= 11 is 0. The number of hydrogen-bond donors (Lipinski definition) is 2. The fourth-order valence-corrected chi connectivity index (χ4v) is 2.49. The average molecular weight is 303 g/mol. The molecule has 3 N–H and O–H groups in total. The van der Waals surface area contributed by atoms with E-state index in [-0.39, 0.29) is 0 Å². The minimum atomic E-state index is -3.50. The van der Waals surface area contributed by atoms with Crippen molar-refractivity contribution >= 4 is 10.0 Å². The van der Waals surface area contributed by atoms with Crippen LogP contribution in [0.1, 0.15) is 18.2 Å². The average Bonchev–Trinajstić information content (AvgIpc) is 2.87. The molecular weight excluding hydrogens is 286 g/mol. The molecule has 1 atom stereocenters. The standard InChI is InChI=1S/C15H17N3O2S/c1-11(21(17,19)20)10-12-2-4-13(5-3-12)15-7-6-14(18-15)8-9-16/h2-7,11,18H,8,10H2,1H3,(H2,17,19,20). The molecule has 2 rings (SSSR count). The zero-order valence-electron chi connectivity index (χ0n) is 11.7. The summed E-state index contributed by atoms with van der Waals surface area (Å²) < 4.78 is 22.5. The molecule has 0 amide bonds. The Hall–Kier alpha value is -2.10. The third-order valence-electron chi connectivity index (χ3n) is 3.36. The van der Waals surface area contributed by atoms with E-state index in [1.54, 1.807) is 6.92 Å². The molecule has 0 saturated heterocycles. The normalized spacial score (nSPS) is 12.8. The summed E-state index contributed by atoms with van der Waals surface area (Å²) in [6.45, 7) is 1.60. The molecule has 0 fully saturated rings. The first-order valence-electron chi connectivity index (χ1n) is 6.56. The molecule has 0 aliphatic heterocycles. The van der Waals surface area contributed by atoms with E-state index in [4.69, 9.17) is 10.4 Å². The number of nitriles is 1. The molecule has 0 spiro atoms. The van der Waals surface area contributed by atoms with Crippen LogP contribution >= 0.6 is 0 Å². The van der Waals surface area contributed by atoms with Gasteiger partial charge >= 0.3 is 0 Å². The van der Waals surface area contributed by atoms with Gasteiger partial charge in [0.1, 0.15) is 0 Å². The van der Waals surface area contributed by atoms with E-state index in [1.165, 1.54) is 0 Å². The number of aromatic amines is 1. The summed E-state index contributed by atoms with van der Waals surface area (Å²) in [5.41, 5.74) is 3.72. The Morgan fingerprint density at radius 1 is 1.24 bits per heavy atom. The van der Waals surface area contributed by atoms with Gasteiger partial charge in [-0.25, -0.2) is 13.6 Å². The topological polar surface area (TPSA) is 99.7 Å². The molecule has 0 saturated carbocycles. The zero-order valence-corrected chi connectivity index (χ0v) is 12.5. The van der Waals surface area contributed by atoms with Crippen LogP contribution in [-0.2, 0) is 22.9 Å². The lowest BCUT2D eigenvalue weighted by Gasteiger charge is -2.09. The number of primary sulfonamides is 1. The number of nitrogens with two attached hydrogens (primary N) is 1. The van der Waals surface area contributed by atoms with Gasteiger partial charge in [0.15, 0.2) is 0 Å². The fourth-order valence-electron chi connectivity index (χ4n) is 2.07. The van der Waals surface area contributed by atoms with Crippen LogP contribution in [0.25, 0.3) is 11.3 Å². The molecule has 1 aromatic heterocycles. The van der Waals surface area contributed by atoms with Crippen LogP contribution in [-0.4, -0.2) is 18.7 Å². The first-order valence-corrected chi connectivity index (χ1v) is 8.17. The summed E-state index contributed by atoms with van der Waals surface area (Å²) in [6.07, 6.45) is 0.744. The highest BCUT2D eigenvalue weighted by molar-refractivity contribution is 7.89. The van der Waals surface area contributed by atoms with Gasteiger partial charge in [0.25, 0.3) is 0 Å². The second-order valence-electron chi connectivity index (χ2n) is 5.03. The van der Waals surface area contributed by atoms with Crippen molar-refractivity contribution in [1.29, 1.82) is 5.26 Å². The van der Waals surface area contributed by atoms with E-state index < -0.39 is 15.3 Å². The minimum Gasteiger partial charge on any atom is -0.358 e. The first-order chi connectivity index (χ1) is 9.90. The van der Waals surface area contributed by atoms with Gasteiger partial charge in [-0.3, -0.25) is 0 Å². The molecule has 0 aliphatic rings. The quantitative estimate of drug-likeness (QED) is 0.883. The first kappa shape index (κ1) is 15.3. The van der Waals surface area contributed by atoms with Gasteiger partial charge in [0.05, 0.1) is 17.7 Å². The summed E-state index contributed by atoms with van der Waals surface area (Å²) in [4.78, 5) is 3.18. The molecule has 2 aromatic rings. The predicted octanol–water partition coefficient (Wildman–Crippen LogP) is 1.97. The number of sulfonamides is 1. The van der Waals surface area contributed by atoms with Crippen LogP contribution in [0.5, 0.6) is 0 Å². The third-order valence-corrected chi connectivity index (χ3v) is 4.65. The van der Waals surface area contributed by atoms with Gasteiger partial charge in [0.2, 0.25) is 10.0 Å². The van der Waals surface area contributed by atoms with E-state index in [9.17, 15) is 8.42 Å². The number of benzene rings is 1. The van der Waals surface area contributed by atoms with E-state index >= 15 is 0 Å². The van der Waals surface area contributed by atoms with Gasteiger partial charge in [0, 0.05) is 11.4 Å². The van der Waals surface area contributed by atoms with Crippen molar-refractivity contribution in [1.82, 2.24) is 4.98 Å². The SMILES string of the molecule is CC(Cc1ccc(-c2ccc(CC#N)[nH]2)cc1)S(N)(=O)=O. The Morgan fingerprint density at radius 2 is 1.90 bits per heavy atom. The molecule has 1 heterocycles. The molecule has 0 aliphatic carbocycles. The van der Waals surface area contributed by atoms with Crippen molar-refractivity contribution in [2.45, 2.75) is 25.0 Å². The largest absolute Gasteiger partial charge is 0.358 e. The van der Waals surface area contributed by atoms with Crippen molar-refractivity contribution in [3.63, 3.8) is 0 Å². The van der Waals surface area contributed by atoms with Crippen LogP contribution in [0.4, 0.5) is 0 Å². The lowest BCUT2D eigenvalue weighted by molar-refractivity contribution is 0.584. The Labute approximate surface area is 124 Å². The van der Waals surface area contributed by atoms with Crippen molar-refractivity contribution < 1.29 is 8.42 Å². The monoisotopic (exact) mass is 303 g/mol. The van der Waals surface area contributed by atoms with E-state index in [1.807, 2.05) is 36.4 Å². The Bertz CT molecular complexity index is 755.